The summed E-state index contributed by atoms with van der Waals surface area (Å²) < 4.78 is 5.50. The highest BCUT2D eigenvalue weighted by Gasteiger charge is 2.58. The van der Waals surface area contributed by atoms with Crippen molar-refractivity contribution in [1.82, 2.24) is 4.90 Å². The molecule has 1 aliphatic carbocycles. The quantitative estimate of drug-likeness (QED) is 0.700. The Morgan fingerprint density at radius 3 is 2.29 bits per heavy atom. The van der Waals surface area contributed by atoms with Gasteiger partial charge in [-0.3, -0.25) is 4.79 Å². The van der Waals surface area contributed by atoms with Gasteiger partial charge in [0, 0.05) is 24.1 Å². The first-order valence-electron chi connectivity index (χ1n) is 10.9. The third-order valence-corrected chi connectivity index (χ3v) is 6.42. The van der Waals surface area contributed by atoms with E-state index in [1.807, 2.05) is 45.9 Å². The summed E-state index contributed by atoms with van der Waals surface area (Å²) in [6.45, 7) is 8.21. The van der Waals surface area contributed by atoms with Gasteiger partial charge in [0.2, 0.25) is 0 Å². The molecule has 1 N–H and O–H groups in total. The summed E-state index contributed by atoms with van der Waals surface area (Å²) in [5.74, 6) is 0.627. The number of carbonyl (C=O) groups excluding carboxylic acids is 2. The van der Waals surface area contributed by atoms with Gasteiger partial charge < -0.3 is 14.7 Å². The Kier molecular flexibility index (Phi) is 5.21. The SMILES string of the molecule is CC(C)(C)OC(=O)N1CC(C)([C@](O)(c2ccc(C3CC3)cc2)c2cccc(C=O)c2)C1. The number of aldehydes is 1. The average molecular weight is 422 g/mol. The van der Waals surface area contributed by atoms with Gasteiger partial charge in [-0.1, -0.05) is 49.4 Å². The lowest BCUT2D eigenvalue weighted by atomic mass is 9.61. The fourth-order valence-electron chi connectivity index (χ4n) is 4.59. The molecule has 31 heavy (non-hydrogen) atoms. The van der Waals surface area contributed by atoms with Crippen LogP contribution >= 0.6 is 0 Å². The van der Waals surface area contributed by atoms with E-state index in [-0.39, 0.29) is 6.09 Å². The fourth-order valence-corrected chi connectivity index (χ4v) is 4.59. The summed E-state index contributed by atoms with van der Waals surface area (Å²) in [5, 5.41) is 12.2. The molecule has 5 nitrogen and oxygen atoms in total. The van der Waals surface area contributed by atoms with Gasteiger partial charge >= 0.3 is 6.09 Å². The minimum Gasteiger partial charge on any atom is -0.444 e. The summed E-state index contributed by atoms with van der Waals surface area (Å²) in [7, 11) is 0. The molecule has 0 unspecified atom stereocenters. The van der Waals surface area contributed by atoms with Gasteiger partial charge in [-0.15, -0.1) is 0 Å². The Morgan fingerprint density at radius 1 is 1.10 bits per heavy atom. The van der Waals surface area contributed by atoms with E-state index in [9.17, 15) is 14.7 Å². The summed E-state index contributed by atoms with van der Waals surface area (Å²) >= 11 is 0. The standard InChI is InChI=1S/C26H31NO4/c1-24(2,3)31-23(29)27-16-25(4,17-27)26(30,22-7-5-6-18(14-22)15-28)21-12-10-20(11-13-21)19-8-9-19/h5-7,10-15,19,30H,8-9,16-17H2,1-4H3/t26-/m0/s1. The van der Waals surface area contributed by atoms with Crippen LogP contribution in [0.15, 0.2) is 48.5 Å². The van der Waals surface area contributed by atoms with Crippen molar-refractivity contribution in [3.8, 4) is 0 Å². The average Bonchev–Trinajstić information content (AvgIpc) is 3.55. The maximum Gasteiger partial charge on any atom is 0.410 e. The number of rotatable bonds is 5. The Labute approximate surface area is 184 Å². The molecule has 1 aliphatic heterocycles. The highest BCUT2D eigenvalue weighted by Crippen LogP contribution is 2.51. The van der Waals surface area contributed by atoms with Gasteiger partial charge in [0.05, 0.1) is 0 Å². The number of nitrogens with zero attached hydrogens (tertiary/aromatic N) is 1. The first-order chi connectivity index (χ1) is 14.6. The maximum atomic E-state index is 12.5. The number of likely N-dealkylation sites (tertiary alicyclic amines) is 1. The van der Waals surface area contributed by atoms with Crippen molar-refractivity contribution in [3.05, 3.63) is 70.8 Å². The lowest BCUT2D eigenvalue weighted by Gasteiger charge is -2.56. The molecule has 2 aliphatic rings. The number of carbonyl (C=O) groups is 2. The second kappa shape index (κ2) is 7.49. The summed E-state index contributed by atoms with van der Waals surface area (Å²) in [5.41, 5.74) is 0.670. The van der Waals surface area contributed by atoms with E-state index >= 15 is 0 Å². The Hall–Kier alpha value is -2.66. The van der Waals surface area contributed by atoms with E-state index in [0.29, 0.717) is 30.1 Å². The van der Waals surface area contributed by atoms with Crippen LogP contribution in [0, 0.1) is 5.41 Å². The van der Waals surface area contributed by atoms with Crippen molar-refractivity contribution in [2.75, 3.05) is 13.1 Å². The monoisotopic (exact) mass is 421 g/mol. The van der Waals surface area contributed by atoms with Gasteiger partial charge in [-0.2, -0.15) is 0 Å². The molecule has 5 heteroatoms. The largest absolute Gasteiger partial charge is 0.444 e. The predicted molar refractivity (Wildman–Crippen MR) is 119 cm³/mol. The zero-order valence-corrected chi connectivity index (χ0v) is 18.7. The van der Waals surface area contributed by atoms with E-state index in [2.05, 4.69) is 12.1 Å². The summed E-state index contributed by atoms with van der Waals surface area (Å²) in [6.07, 6.45) is 2.84. The summed E-state index contributed by atoms with van der Waals surface area (Å²) in [4.78, 5) is 25.6. The van der Waals surface area contributed by atoms with Gasteiger partial charge in [-0.05, 0) is 62.3 Å². The minimum atomic E-state index is -1.35. The zero-order chi connectivity index (χ0) is 22.4. The van der Waals surface area contributed by atoms with E-state index in [0.717, 1.165) is 11.8 Å². The molecule has 1 saturated carbocycles. The lowest BCUT2D eigenvalue weighted by molar-refractivity contribution is -0.131. The molecule has 0 spiro atoms. The molecular formula is C26H31NO4. The molecule has 0 radical (unpaired) electrons. The van der Waals surface area contributed by atoms with Crippen LogP contribution in [0.3, 0.4) is 0 Å². The third-order valence-electron chi connectivity index (χ3n) is 6.42. The number of aliphatic hydroxyl groups is 1. The molecule has 0 bridgehead atoms. The van der Waals surface area contributed by atoms with Gasteiger partial charge in [0.1, 0.15) is 17.5 Å². The number of hydrogen-bond acceptors (Lipinski definition) is 4. The molecule has 0 aromatic heterocycles. The van der Waals surface area contributed by atoms with Crippen LogP contribution in [0.1, 0.15) is 73.5 Å². The number of ether oxygens (including phenoxy) is 1. The summed E-state index contributed by atoms with van der Waals surface area (Å²) in [6, 6.07) is 15.3. The topological polar surface area (TPSA) is 66.8 Å². The first kappa shape index (κ1) is 21.6. The van der Waals surface area contributed by atoms with E-state index in [1.54, 1.807) is 23.1 Å². The van der Waals surface area contributed by atoms with Crippen LogP contribution < -0.4 is 0 Å². The van der Waals surface area contributed by atoms with Crippen molar-refractivity contribution in [1.29, 1.82) is 0 Å². The third kappa shape index (κ3) is 3.99. The van der Waals surface area contributed by atoms with Crippen LogP contribution in [0.5, 0.6) is 0 Å². The molecule has 1 atom stereocenters. The van der Waals surface area contributed by atoms with Crippen LogP contribution in [0.25, 0.3) is 0 Å². The van der Waals surface area contributed by atoms with E-state index in [1.165, 1.54) is 18.4 Å². The van der Waals surface area contributed by atoms with Crippen LogP contribution in [0.2, 0.25) is 0 Å². The smallest absolute Gasteiger partial charge is 0.410 e. The van der Waals surface area contributed by atoms with Gasteiger partial charge in [0.25, 0.3) is 0 Å². The number of benzene rings is 2. The van der Waals surface area contributed by atoms with E-state index in [4.69, 9.17) is 4.74 Å². The highest BCUT2D eigenvalue weighted by atomic mass is 16.6. The fraction of sp³-hybridized carbons (Fsp3) is 0.462. The molecule has 1 amide bonds. The molecule has 2 aromatic carbocycles. The second-order valence-electron chi connectivity index (χ2n) is 10.2. The Balaban J connectivity index is 1.69. The highest BCUT2D eigenvalue weighted by molar-refractivity contribution is 5.75. The van der Waals surface area contributed by atoms with Crippen molar-refractivity contribution < 1.29 is 19.4 Å². The molecule has 2 aromatic rings. The maximum absolute atomic E-state index is 12.5. The van der Waals surface area contributed by atoms with Crippen LogP contribution in [-0.2, 0) is 10.3 Å². The second-order valence-corrected chi connectivity index (χ2v) is 10.2. The molecule has 2 fully saturated rings. The number of hydrogen-bond donors (Lipinski definition) is 1. The Morgan fingerprint density at radius 2 is 1.74 bits per heavy atom. The molecule has 164 valence electrons. The predicted octanol–water partition coefficient (Wildman–Crippen LogP) is 4.87. The number of amides is 1. The van der Waals surface area contributed by atoms with Crippen LogP contribution in [0.4, 0.5) is 4.79 Å². The Bertz CT molecular complexity index is 981. The molecule has 1 heterocycles. The van der Waals surface area contributed by atoms with Gasteiger partial charge in [0.15, 0.2) is 0 Å². The molecule has 1 saturated heterocycles. The first-order valence-corrected chi connectivity index (χ1v) is 10.9. The molecule has 4 rings (SSSR count). The van der Waals surface area contributed by atoms with E-state index < -0.39 is 16.6 Å². The minimum absolute atomic E-state index is 0.355. The van der Waals surface area contributed by atoms with Crippen molar-refractivity contribution in [3.63, 3.8) is 0 Å². The zero-order valence-electron chi connectivity index (χ0n) is 18.7. The van der Waals surface area contributed by atoms with Crippen molar-refractivity contribution in [2.45, 2.75) is 57.7 Å². The van der Waals surface area contributed by atoms with Crippen molar-refractivity contribution >= 4 is 12.4 Å². The normalized spacial score (nSPS) is 19.8. The lowest BCUT2D eigenvalue weighted by Crippen LogP contribution is -2.66. The molecular weight excluding hydrogens is 390 g/mol. The van der Waals surface area contributed by atoms with Gasteiger partial charge in [-0.25, -0.2) is 4.79 Å². The van der Waals surface area contributed by atoms with Crippen molar-refractivity contribution in [2.24, 2.45) is 5.41 Å². The van der Waals surface area contributed by atoms with Crippen LogP contribution in [-0.4, -0.2) is 41.1 Å².